The molecule has 0 unspecified atom stereocenters. The van der Waals surface area contributed by atoms with Crippen molar-refractivity contribution in [1.29, 1.82) is 0 Å². The molecule has 8 heteroatoms. The molecule has 18 heavy (non-hydrogen) atoms. The molecule has 0 atom stereocenters. The number of rotatable bonds is 0. The van der Waals surface area contributed by atoms with Crippen molar-refractivity contribution in [2.45, 2.75) is 0 Å². The number of nitrogens with zero attached hydrogens (tertiary/aromatic N) is 1. The van der Waals surface area contributed by atoms with Gasteiger partial charge in [0.25, 0.3) is 0 Å². The zero-order valence-electron chi connectivity index (χ0n) is 8.78. The van der Waals surface area contributed by atoms with Crippen molar-refractivity contribution in [2.75, 3.05) is 5.73 Å². The maximum atomic E-state index is 7.50. The first-order valence-corrected chi connectivity index (χ1v) is 3.08. The van der Waals surface area contributed by atoms with Crippen LogP contribution in [-0.4, -0.2) is 4.98 Å². The summed E-state index contributed by atoms with van der Waals surface area (Å²) in [4.78, 5) is 3.76. The number of hydrogen-bond acceptors (Lipinski definition) is 2. The molecule has 0 fully saturated rings. The maximum Gasteiger partial charge on any atom is 0 e. The van der Waals surface area contributed by atoms with Gasteiger partial charge in [0.15, 0.2) is 0 Å². The second-order valence-electron chi connectivity index (χ2n) is 1.25. The number of pyridine rings is 1. The number of aromatic nitrogens is 1. The van der Waals surface area contributed by atoms with E-state index in [-0.39, 0.29) is 21.1 Å². The molecule has 0 spiro atoms. The Bertz CT molecular complexity index is 284. The van der Waals surface area contributed by atoms with E-state index in [4.69, 9.17) is 29.0 Å². The molecule has 92 valence electrons. The van der Waals surface area contributed by atoms with Crippen molar-refractivity contribution >= 4 is 5.82 Å². The molecule has 1 heterocycles. The van der Waals surface area contributed by atoms with Crippen LogP contribution in [0.25, 0.3) is 0 Å². The largest absolute Gasteiger partial charge is 0 e. The third kappa shape index (κ3) is 63.5. The van der Waals surface area contributed by atoms with Gasteiger partial charge >= 0.3 is 56.5 Å². The molecule has 0 aliphatic heterocycles. The third-order valence-electron chi connectivity index (χ3n) is 0.688. The molecule has 7 nitrogen and oxygen atoms in total. The van der Waals surface area contributed by atoms with Gasteiger partial charge in [0.05, 0.1) is 0 Å². The van der Waals surface area contributed by atoms with Crippen molar-refractivity contribution in [2.24, 2.45) is 0 Å². The molecule has 0 radical (unpaired) electrons. The molecule has 0 aliphatic rings. The molecule has 1 rings (SSSR count). The van der Waals surface area contributed by atoms with E-state index >= 15 is 0 Å². The zero-order valence-corrected chi connectivity index (χ0v) is 10.8. The summed E-state index contributed by atoms with van der Waals surface area (Å²) in [5.41, 5.74) is 5.25. The molecule has 0 aromatic carbocycles. The van der Waals surface area contributed by atoms with Crippen molar-refractivity contribution in [3.05, 3.63) is 57.6 Å². The second kappa shape index (κ2) is 78.5. The van der Waals surface area contributed by atoms with Gasteiger partial charge in [-0.25, -0.2) is 4.98 Å². The first kappa shape index (κ1) is 36.0. The van der Waals surface area contributed by atoms with Crippen LogP contribution in [0.3, 0.4) is 0 Å². The molecule has 0 saturated heterocycles. The molecular formula is C10H6MoN2O5. The first-order chi connectivity index (χ1) is 8.39. The smallest absolute Gasteiger partial charge is 0 e. The molecule has 0 aliphatic carbocycles. The Balaban J connectivity index is -0.0000000285. The van der Waals surface area contributed by atoms with Crippen LogP contribution in [0.5, 0.6) is 0 Å². The van der Waals surface area contributed by atoms with Gasteiger partial charge in [-0.2, -0.15) is 0 Å². The normalized spacial score (nSPS) is 3.89. The van der Waals surface area contributed by atoms with Gasteiger partial charge in [0.1, 0.15) is 5.82 Å². The van der Waals surface area contributed by atoms with Crippen molar-refractivity contribution in [1.82, 2.24) is 4.98 Å². The van der Waals surface area contributed by atoms with Crippen LogP contribution in [0.1, 0.15) is 0 Å². The average molecular weight is 330 g/mol. The Hall–Kier alpha value is -1.66. The van der Waals surface area contributed by atoms with Crippen LogP contribution in [0.4, 0.5) is 5.82 Å². The minimum Gasteiger partial charge on any atom is 0 e. The summed E-state index contributed by atoms with van der Waals surface area (Å²) in [5.74, 6) is 0.572. The molecule has 1 aromatic heterocycles. The predicted molar refractivity (Wildman–Crippen MR) is 48.3 cm³/mol. The molecule has 0 amide bonds. The van der Waals surface area contributed by atoms with E-state index in [9.17, 15) is 0 Å². The topological polar surface area (TPSA) is 138 Å². The van der Waals surface area contributed by atoms with E-state index in [0.717, 1.165) is 0 Å². The number of nitrogens with two attached hydrogens (primary N) is 1. The van der Waals surface area contributed by atoms with Gasteiger partial charge in [-0.3, -0.25) is 0 Å². The van der Waals surface area contributed by atoms with Crippen LogP contribution in [0.15, 0.2) is 24.4 Å². The van der Waals surface area contributed by atoms with Gasteiger partial charge in [0.2, 0.25) is 0 Å². The van der Waals surface area contributed by atoms with Gasteiger partial charge in [0, 0.05) is 27.3 Å². The molecule has 1 aromatic rings. The first-order valence-electron chi connectivity index (χ1n) is 3.08. The fraction of sp³-hybridized carbons (Fsp3) is 0. The van der Waals surface area contributed by atoms with Gasteiger partial charge in [-0.1, -0.05) is 6.07 Å². The third-order valence-corrected chi connectivity index (χ3v) is 0.688. The Kier molecular flexibility index (Phi) is 157. The van der Waals surface area contributed by atoms with Gasteiger partial charge in [-0.05, 0) is 12.1 Å². The number of hydrogen-bond donors (Lipinski definition) is 1. The van der Waals surface area contributed by atoms with Gasteiger partial charge < -0.3 is 5.73 Å². The molecular weight excluding hydrogens is 324 g/mol. The minimum atomic E-state index is 0. The van der Waals surface area contributed by atoms with E-state index in [0.29, 0.717) is 5.82 Å². The van der Waals surface area contributed by atoms with E-state index in [1.807, 2.05) is 12.1 Å². The Morgan fingerprint density at radius 1 is 0.778 bits per heavy atom. The van der Waals surface area contributed by atoms with Crippen LogP contribution in [0, 0.1) is 33.3 Å². The van der Waals surface area contributed by atoms with Crippen LogP contribution in [-0.2, 0) is 44.3 Å². The standard InChI is InChI=1S/C5H6N2.5CO.Mo/c6-5-3-1-2-4-7-5;5*1-2;/h1-4H,(H2,6,7);;;;;;. The monoisotopic (exact) mass is 332 g/mol. The van der Waals surface area contributed by atoms with Gasteiger partial charge in [-0.15, -0.1) is 0 Å². The summed E-state index contributed by atoms with van der Waals surface area (Å²) in [6, 6.07) is 5.43. The van der Waals surface area contributed by atoms with Crippen molar-refractivity contribution in [3.63, 3.8) is 0 Å². The number of nitrogen functional groups attached to an aromatic ring is 1. The minimum absolute atomic E-state index is 0. The van der Waals surface area contributed by atoms with Crippen LogP contribution >= 0.6 is 0 Å². The van der Waals surface area contributed by atoms with E-state index in [2.05, 4.69) is 38.2 Å². The summed E-state index contributed by atoms with van der Waals surface area (Å²) in [6.07, 6.45) is 1.66. The summed E-state index contributed by atoms with van der Waals surface area (Å²) >= 11 is 0. The van der Waals surface area contributed by atoms with E-state index < -0.39 is 0 Å². The fourth-order valence-corrected chi connectivity index (χ4v) is 0.376. The van der Waals surface area contributed by atoms with E-state index in [1.54, 1.807) is 12.3 Å². The average Bonchev–Trinajstić information content (AvgIpc) is 2.50. The maximum absolute atomic E-state index is 7.50. The van der Waals surface area contributed by atoms with Crippen LogP contribution in [0.2, 0.25) is 0 Å². The molecule has 0 saturated carbocycles. The SMILES string of the molecule is Nc1ccccn1.[C-]#[O+].[C-]#[O+].[C-]#[O+].[C-]#[O+].[C-]#[O+].[Mo]. The van der Waals surface area contributed by atoms with E-state index in [1.165, 1.54) is 0 Å². The summed E-state index contributed by atoms with van der Waals surface area (Å²) < 4.78 is 37.5. The van der Waals surface area contributed by atoms with Crippen LogP contribution < -0.4 is 5.73 Å². The Morgan fingerprint density at radius 2 is 1.11 bits per heavy atom. The Labute approximate surface area is 119 Å². The van der Waals surface area contributed by atoms with Crippen molar-refractivity contribution < 1.29 is 44.3 Å². The Morgan fingerprint density at radius 3 is 1.22 bits per heavy atom. The summed E-state index contributed by atoms with van der Waals surface area (Å²) in [6.45, 7) is 22.5. The molecule has 2 N–H and O–H groups in total. The number of anilines is 1. The summed E-state index contributed by atoms with van der Waals surface area (Å²) in [7, 11) is 0. The quantitative estimate of drug-likeness (QED) is 0.420. The molecule has 0 bridgehead atoms. The van der Waals surface area contributed by atoms with Crippen molar-refractivity contribution in [3.8, 4) is 0 Å². The summed E-state index contributed by atoms with van der Waals surface area (Å²) in [5, 5.41) is 0. The predicted octanol–water partition coefficient (Wildman–Crippen LogP) is 0.474. The fourth-order valence-electron chi connectivity index (χ4n) is 0.376. The zero-order chi connectivity index (χ0) is 15.1. The second-order valence-corrected chi connectivity index (χ2v) is 1.25.